The third-order valence-electron chi connectivity index (χ3n) is 2.94. The van der Waals surface area contributed by atoms with Gasteiger partial charge in [-0.2, -0.15) is 0 Å². The number of ether oxygens (including phenoxy) is 1. The zero-order valence-corrected chi connectivity index (χ0v) is 8.08. The first-order chi connectivity index (χ1) is 6.31. The summed E-state index contributed by atoms with van der Waals surface area (Å²) in [5, 5.41) is 3.36. The Morgan fingerprint density at radius 2 is 2.15 bits per heavy atom. The number of nitrogens with one attached hydrogen (secondary N) is 1. The van der Waals surface area contributed by atoms with Crippen molar-refractivity contribution in [2.75, 3.05) is 6.61 Å². The number of rotatable bonds is 3. The zero-order chi connectivity index (χ0) is 9.26. The first-order valence-corrected chi connectivity index (χ1v) is 5.24. The highest BCUT2D eigenvalue weighted by Gasteiger charge is 2.38. The van der Waals surface area contributed by atoms with Gasteiger partial charge in [-0.3, -0.25) is 4.79 Å². The van der Waals surface area contributed by atoms with Crippen LogP contribution in [0.1, 0.15) is 32.6 Å². The van der Waals surface area contributed by atoms with Gasteiger partial charge in [0.2, 0.25) is 0 Å². The van der Waals surface area contributed by atoms with Crippen molar-refractivity contribution in [2.45, 2.75) is 44.7 Å². The third kappa shape index (κ3) is 2.02. The Morgan fingerprint density at radius 1 is 1.38 bits per heavy atom. The summed E-state index contributed by atoms with van der Waals surface area (Å²) in [4.78, 5) is 11.3. The number of hydrogen-bond donors (Lipinski definition) is 1. The molecule has 3 heteroatoms. The normalized spacial score (nSPS) is 33.3. The molecular weight excluding hydrogens is 166 g/mol. The minimum Gasteiger partial charge on any atom is -0.465 e. The average Bonchev–Trinajstić information content (AvgIpc) is 2.84. The molecule has 0 radical (unpaired) electrons. The van der Waals surface area contributed by atoms with Gasteiger partial charge in [0.1, 0.15) is 6.04 Å². The summed E-state index contributed by atoms with van der Waals surface area (Å²) in [6.45, 7) is 2.34. The molecule has 0 unspecified atom stereocenters. The molecule has 0 amide bonds. The van der Waals surface area contributed by atoms with E-state index < -0.39 is 0 Å². The van der Waals surface area contributed by atoms with Crippen LogP contribution in [0.5, 0.6) is 0 Å². The largest absolute Gasteiger partial charge is 0.465 e. The van der Waals surface area contributed by atoms with E-state index in [2.05, 4.69) is 5.32 Å². The van der Waals surface area contributed by atoms with Crippen LogP contribution in [0.3, 0.4) is 0 Å². The Labute approximate surface area is 78.8 Å². The predicted molar refractivity (Wildman–Crippen MR) is 49.3 cm³/mol. The number of esters is 1. The monoisotopic (exact) mass is 183 g/mol. The lowest BCUT2D eigenvalue weighted by Gasteiger charge is -2.12. The summed E-state index contributed by atoms with van der Waals surface area (Å²) in [5.41, 5.74) is 0. The fourth-order valence-corrected chi connectivity index (χ4v) is 2.07. The molecule has 1 aliphatic heterocycles. The summed E-state index contributed by atoms with van der Waals surface area (Å²) in [6, 6.07) is 0.569. The number of carbonyl (C=O) groups is 1. The van der Waals surface area contributed by atoms with E-state index in [1.807, 2.05) is 6.92 Å². The molecule has 0 aromatic rings. The SMILES string of the molecule is CCOC(=O)[C@@H]1CC[C@@H](C2CC2)N1. The molecule has 2 aliphatic rings. The van der Waals surface area contributed by atoms with Crippen LogP contribution >= 0.6 is 0 Å². The Kier molecular flexibility index (Phi) is 2.54. The van der Waals surface area contributed by atoms with Gasteiger partial charge in [-0.05, 0) is 38.5 Å². The molecular formula is C10H17NO2. The van der Waals surface area contributed by atoms with Crippen LogP contribution in [0, 0.1) is 5.92 Å². The van der Waals surface area contributed by atoms with Gasteiger partial charge in [-0.25, -0.2) is 0 Å². The average molecular weight is 183 g/mol. The summed E-state index contributed by atoms with van der Waals surface area (Å²) >= 11 is 0. The molecule has 74 valence electrons. The zero-order valence-electron chi connectivity index (χ0n) is 8.08. The van der Waals surface area contributed by atoms with Crippen LogP contribution in [0.15, 0.2) is 0 Å². The van der Waals surface area contributed by atoms with Crippen LogP contribution < -0.4 is 5.32 Å². The first-order valence-electron chi connectivity index (χ1n) is 5.24. The Bertz CT molecular complexity index is 201. The molecule has 13 heavy (non-hydrogen) atoms. The van der Waals surface area contributed by atoms with E-state index in [0.717, 1.165) is 18.8 Å². The second kappa shape index (κ2) is 3.66. The molecule has 2 fully saturated rings. The van der Waals surface area contributed by atoms with Crippen LogP contribution in [0.25, 0.3) is 0 Å². The molecule has 0 aromatic carbocycles. The second-order valence-electron chi connectivity index (χ2n) is 3.99. The van der Waals surface area contributed by atoms with Gasteiger partial charge in [-0.15, -0.1) is 0 Å². The minimum absolute atomic E-state index is 0.0226. The van der Waals surface area contributed by atoms with E-state index in [1.54, 1.807) is 0 Å². The van der Waals surface area contributed by atoms with Gasteiger partial charge in [0.05, 0.1) is 6.61 Å². The van der Waals surface area contributed by atoms with Crippen LogP contribution in [-0.4, -0.2) is 24.7 Å². The molecule has 1 saturated heterocycles. The highest BCUT2D eigenvalue weighted by molar-refractivity contribution is 5.76. The molecule has 0 bridgehead atoms. The van der Waals surface area contributed by atoms with E-state index in [1.165, 1.54) is 12.8 Å². The first kappa shape index (κ1) is 9.00. The fourth-order valence-electron chi connectivity index (χ4n) is 2.07. The molecule has 0 spiro atoms. The van der Waals surface area contributed by atoms with Gasteiger partial charge < -0.3 is 10.1 Å². The Balaban J connectivity index is 1.79. The van der Waals surface area contributed by atoms with Crippen molar-refractivity contribution in [3.63, 3.8) is 0 Å². The topological polar surface area (TPSA) is 38.3 Å². The summed E-state index contributed by atoms with van der Waals surface area (Å²) in [6.07, 6.45) is 4.79. The quantitative estimate of drug-likeness (QED) is 0.665. The molecule has 2 rings (SSSR count). The lowest BCUT2D eigenvalue weighted by atomic mass is 10.1. The second-order valence-corrected chi connectivity index (χ2v) is 3.99. The predicted octanol–water partition coefficient (Wildman–Crippen LogP) is 1.08. The lowest BCUT2D eigenvalue weighted by molar-refractivity contribution is -0.145. The van der Waals surface area contributed by atoms with Crippen LogP contribution in [-0.2, 0) is 9.53 Å². The molecule has 1 saturated carbocycles. The summed E-state index contributed by atoms with van der Waals surface area (Å²) < 4.78 is 4.97. The van der Waals surface area contributed by atoms with E-state index in [0.29, 0.717) is 12.6 Å². The Hall–Kier alpha value is -0.570. The van der Waals surface area contributed by atoms with Gasteiger partial charge >= 0.3 is 5.97 Å². The van der Waals surface area contributed by atoms with E-state index >= 15 is 0 Å². The third-order valence-corrected chi connectivity index (χ3v) is 2.94. The lowest BCUT2D eigenvalue weighted by Crippen LogP contribution is -2.37. The van der Waals surface area contributed by atoms with Gasteiger partial charge in [0, 0.05) is 6.04 Å². The number of carbonyl (C=O) groups excluding carboxylic acids is 1. The summed E-state index contributed by atoms with van der Waals surface area (Å²) in [5.74, 6) is 0.782. The van der Waals surface area contributed by atoms with Gasteiger partial charge in [-0.1, -0.05) is 0 Å². The maximum absolute atomic E-state index is 11.3. The minimum atomic E-state index is -0.0642. The van der Waals surface area contributed by atoms with E-state index in [4.69, 9.17) is 4.74 Å². The van der Waals surface area contributed by atoms with Crippen molar-refractivity contribution in [3.05, 3.63) is 0 Å². The van der Waals surface area contributed by atoms with Crippen molar-refractivity contribution >= 4 is 5.97 Å². The Morgan fingerprint density at radius 3 is 2.77 bits per heavy atom. The van der Waals surface area contributed by atoms with E-state index in [-0.39, 0.29) is 12.0 Å². The standard InChI is InChI=1S/C10H17NO2/c1-2-13-10(12)9-6-5-8(11-9)7-3-4-7/h7-9,11H,2-6H2,1H3/t8-,9-/m0/s1. The maximum Gasteiger partial charge on any atom is 0.323 e. The highest BCUT2D eigenvalue weighted by atomic mass is 16.5. The molecule has 0 aromatic heterocycles. The van der Waals surface area contributed by atoms with Crippen LogP contribution in [0.4, 0.5) is 0 Å². The fraction of sp³-hybridized carbons (Fsp3) is 0.900. The van der Waals surface area contributed by atoms with Gasteiger partial charge in [0.15, 0.2) is 0 Å². The van der Waals surface area contributed by atoms with Crippen molar-refractivity contribution in [3.8, 4) is 0 Å². The van der Waals surface area contributed by atoms with Crippen molar-refractivity contribution in [1.82, 2.24) is 5.32 Å². The van der Waals surface area contributed by atoms with Crippen LogP contribution in [0.2, 0.25) is 0 Å². The maximum atomic E-state index is 11.3. The smallest absolute Gasteiger partial charge is 0.323 e. The van der Waals surface area contributed by atoms with Crippen molar-refractivity contribution in [1.29, 1.82) is 0 Å². The molecule has 3 nitrogen and oxygen atoms in total. The number of hydrogen-bond acceptors (Lipinski definition) is 3. The van der Waals surface area contributed by atoms with Crippen molar-refractivity contribution < 1.29 is 9.53 Å². The highest BCUT2D eigenvalue weighted by Crippen LogP contribution is 2.37. The molecule has 1 heterocycles. The van der Waals surface area contributed by atoms with Crippen molar-refractivity contribution in [2.24, 2.45) is 5.92 Å². The molecule has 1 aliphatic carbocycles. The van der Waals surface area contributed by atoms with Gasteiger partial charge in [0.25, 0.3) is 0 Å². The summed E-state index contributed by atoms with van der Waals surface area (Å²) in [7, 11) is 0. The molecule has 2 atom stereocenters. The van der Waals surface area contributed by atoms with E-state index in [9.17, 15) is 4.79 Å². The molecule has 1 N–H and O–H groups in total.